The van der Waals surface area contributed by atoms with E-state index in [2.05, 4.69) is 46.4 Å². The molecule has 1 aliphatic rings. The van der Waals surface area contributed by atoms with Gasteiger partial charge in [0.05, 0.1) is 12.6 Å². The molecule has 1 aromatic heterocycles. The number of H-pyrrole nitrogens is 1. The quantitative estimate of drug-likeness (QED) is 0.820. The van der Waals surface area contributed by atoms with Crippen LogP contribution < -0.4 is 5.32 Å². The van der Waals surface area contributed by atoms with Gasteiger partial charge in [-0.25, -0.2) is 0 Å². The number of amides is 1. The molecule has 0 saturated carbocycles. The highest BCUT2D eigenvalue weighted by Crippen LogP contribution is 2.35. The Balaban J connectivity index is 1.58. The number of aromatic nitrogens is 1. The number of piperidine rings is 1. The van der Waals surface area contributed by atoms with Gasteiger partial charge in [0, 0.05) is 16.6 Å². The summed E-state index contributed by atoms with van der Waals surface area (Å²) < 4.78 is 0. The maximum Gasteiger partial charge on any atom is 0.234 e. The molecule has 0 aliphatic carbocycles. The maximum absolute atomic E-state index is 12.4. The number of benzene rings is 1. The number of likely N-dealkylation sites (tertiary alicyclic amines) is 1. The minimum atomic E-state index is -0.385. The Morgan fingerprint density at radius 1 is 1.22 bits per heavy atom. The Hall–Kier alpha value is -2.14. The lowest BCUT2D eigenvalue weighted by Crippen LogP contribution is -2.48. The van der Waals surface area contributed by atoms with Crippen LogP contribution >= 0.6 is 0 Å². The van der Waals surface area contributed by atoms with E-state index in [1.165, 1.54) is 22.2 Å². The Morgan fingerprint density at radius 2 is 1.89 bits per heavy atom. The SMILES string of the molecule is CC(=O)C(NC(=O)CN1CCC(c2c(C)[nH]c3ccccc23)CC1)C(C)C. The molecule has 2 heterocycles. The van der Waals surface area contributed by atoms with Gasteiger partial charge in [0.25, 0.3) is 0 Å². The van der Waals surface area contributed by atoms with Gasteiger partial charge in [-0.1, -0.05) is 32.0 Å². The first-order chi connectivity index (χ1) is 12.9. The fraction of sp³-hybridized carbons (Fsp3) is 0.545. The standard InChI is InChI=1S/C22H31N3O2/c1-14(2)22(16(4)26)24-20(27)13-25-11-9-17(10-12-25)21-15(3)23-19-8-6-5-7-18(19)21/h5-8,14,17,22-23H,9-13H2,1-4H3,(H,24,27). The van der Waals surface area contributed by atoms with E-state index in [4.69, 9.17) is 0 Å². The van der Waals surface area contributed by atoms with Gasteiger partial charge < -0.3 is 10.3 Å². The van der Waals surface area contributed by atoms with Crippen molar-refractivity contribution in [3.05, 3.63) is 35.5 Å². The summed E-state index contributed by atoms with van der Waals surface area (Å²) in [7, 11) is 0. The molecule has 1 unspecified atom stereocenters. The van der Waals surface area contributed by atoms with Gasteiger partial charge in [-0.2, -0.15) is 0 Å². The normalized spacial score (nSPS) is 17.4. The average molecular weight is 370 g/mol. The van der Waals surface area contributed by atoms with Gasteiger partial charge >= 0.3 is 0 Å². The molecule has 5 nitrogen and oxygen atoms in total. The highest BCUT2D eigenvalue weighted by molar-refractivity contribution is 5.88. The topological polar surface area (TPSA) is 65.2 Å². The van der Waals surface area contributed by atoms with E-state index in [-0.39, 0.29) is 23.7 Å². The first-order valence-corrected chi connectivity index (χ1v) is 9.96. The molecule has 146 valence electrons. The van der Waals surface area contributed by atoms with Gasteiger partial charge in [0.2, 0.25) is 5.91 Å². The Morgan fingerprint density at radius 3 is 2.52 bits per heavy atom. The fourth-order valence-electron chi connectivity index (χ4n) is 4.36. The molecule has 0 bridgehead atoms. The molecule has 1 aromatic carbocycles. The summed E-state index contributed by atoms with van der Waals surface area (Å²) in [6.07, 6.45) is 2.10. The zero-order chi connectivity index (χ0) is 19.6. The molecule has 27 heavy (non-hydrogen) atoms. The number of ketones is 1. The number of hydrogen-bond acceptors (Lipinski definition) is 3. The number of nitrogens with one attached hydrogen (secondary N) is 2. The van der Waals surface area contributed by atoms with E-state index < -0.39 is 0 Å². The van der Waals surface area contributed by atoms with E-state index in [1.54, 1.807) is 6.92 Å². The van der Waals surface area contributed by atoms with Gasteiger partial charge in [-0.3, -0.25) is 14.5 Å². The Labute approximate surface area is 161 Å². The van der Waals surface area contributed by atoms with Crippen LogP contribution in [0, 0.1) is 12.8 Å². The highest BCUT2D eigenvalue weighted by atomic mass is 16.2. The first kappa shape index (κ1) is 19.6. The first-order valence-electron chi connectivity index (χ1n) is 9.96. The molecule has 1 aliphatic heterocycles. The van der Waals surface area contributed by atoms with Crippen LogP contribution in [0.5, 0.6) is 0 Å². The number of hydrogen-bond donors (Lipinski definition) is 2. The molecule has 1 fully saturated rings. The van der Waals surface area contributed by atoms with Gasteiger partial charge in [-0.15, -0.1) is 0 Å². The zero-order valence-electron chi connectivity index (χ0n) is 16.8. The highest BCUT2D eigenvalue weighted by Gasteiger charge is 2.27. The third-order valence-corrected chi connectivity index (χ3v) is 5.73. The van der Waals surface area contributed by atoms with Crippen molar-refractivity contribution >= 4 is 22.6 Å². The largest absolute Gasteiger partial charge is 0.358 e. The van der Waals surface area contributed by atoms with Crippen LogP contribution in [0.3, 0.4) is 0 Å². The second-order valence-corrected chi connectivity index (χ2v) is 8.16. The van der Waals surface area contributed by atoms with E-state index in [9.17, 15) is 9.59 Å². The summed E-state index contributed by atoms with van der Waals surface area (Å²) in [5, 5.41) is 4.23. The van der Waals surface area contributed by atoms with Gasteiger partial charge in [-0.05, 0) is 63.2 Å². The molecular formula is C22H31N3O2. The molecule has 3 rings (SSSR count). The number of nitrogens with zero attached hydrogens (tertiary/aromatic N) is 1. The fourth-order valence-corrected chi connectivity index (χ4v) is 4.36. The summed E-state index contributed by atoms with van der Waals surface area (Å²) in [5.74, 6) is 0.612. The van der Waals surface area contributed by atoms with Crippen LogP contribution in [-0.4, -0.2) is 47.3 Å². The minimum Gasteiger partial charge on any atom is -0.358 e. The molecule has 1 saturated heterocycles. The third kappa shape index (κ3) is 4.41. The van der Waals surface area contributed by atoms with Crippen LogP contribution in [0.25, 0.3) is 10.9 Å². The number of para-hydroxylation sites is 1. The molecule has 2 N–H and O–H groups in total. The van der Waals surface area contributed by atoms with Gasteiger partial charge in [0.15, 0.2) is 5.78 Å². The van der Waals surface area contributed by atoms with Crippen molar-refractivity contribution in [1.29, 1.82) is 0 Å². The van der Waals surface area contributed by atoms with Crippen LogP contribution in [0.4, 0.5) is 0 Å². The van der Waals surface area contributed by atoms with E-state index >= 15 is 0 Å². The molecule has 1 amide bonds. The predicted molar refractivity (Wildman–Crippen MR) is 109 cm³/mol. The molecule has 1 atom stereocenters. The summed E-state index contributed by atoms with van der Waals surface area (Å²) in [5.41, 5.74) is 3.90. The van der Waals surface area contributed by atoms with Crippen molar-refractivity contribution in [2.45, 2.75) is 52.5 Å². The summed E-state index contributed by atoms with van der Waals surface area (Å²) in [6, 6.07) is 8.10. The van der Waals surface area contributed by atoms with E-state index in [1.807, 2.05) is 13.8 Å². The van der Waals surface area contributed by atoms with Crippen molar-refractivity contribution in [2.75, 3.05) is 19.6 Å². The molecule has 2 aromatic rings. The monoisotopic (exact) mass is 369 g/mol. The number of fused-ring (bicyclic) bond motifs is 1. The van der Waals surface area contributed by atoms with Crippen molar-refractivity contribution in [2.24, 2.45) is 5.92 Å². The number of Topliss-reactive ketones (excluding diaryl/α,β-unsaturated/α-hetero) is 1. The smallest absolute Gasteiger partial charge is 0.234 e. The van der Waals surface area contributed by atoms with Crippen molar-refractivity contribution in [1.82, 2.24) is 15.2 Å². The lowest BCUT2D eigenvalue weighted by Gasteiger charge is -2.32. The number of carbonyl (C=O) groups excluding carboxylic acids is 2. The molecule has 5 heteroatoms. The second kappa shape index (κ2) is 8.26. The zero-order valence-corrected chi connectivity index (χ0v) is 16.8. The van der Waals surface area contributed by atoms with Crippen molar-refractivity contribution in [3.8, 4) is 0 Å². The average Bonchev–Trinajstić information content (AvgIpc) is 2.95. The lowest BCUT2D eigenvalue weighted by atomic mass is 9.87. The van der Waals surface area contributed by atoms with E-state index in [0.29, 0.717) is 12.5 Å². The van der Waals surface area contributed by atoms with Crippen molar-refractivity contribution in [3.63, 3.8) is 0 Å². The third-order valence-electron chi connectivity index (χ3n) is 5.73. The predicted octanol–water partition coefficient (Wildman–Crippen LogP) is 3.39. The van der Waals surface area contributed by atoms with Crippen LogP contribution in [0.1, 0.15) is 50.8 Å². The molecular weight excluding hydrogens is 338 g/mol. The summed E-state index contributed by atoms with van der Waals surface area (Å²) in [6.45, 7) is 9.80. The van der Waals surface area contributed by atoms with Gasteiger partial charge in [0.1, 0.15) is 0 Å². The number of aromatic amines is 1. The molecule has 0 spiro atoms. The molecule has 0 radical (unpaired) electrons. The second-order valence-electron chi connectivity index (χ2n) is 8.16. The summed E-state index contributed by atoms with van der Waals surface area (Å²) >= 11 is 0. The lowest BCUT2D eigenvalue weighted by molar-refractivity contribution is -0.128. The van der Waals surface area contributed by atoms with E-state index in [0.717, 1.165) is 25.9 Å². The maximum atomic E-state index is 12.4. The van der Waals surface area contributed by atoms with Crippen LogP contribution in [-0.2, 0) is 9.59 Å². The number of aryl methyl sites for hydroxylation is 1. The Kier molecular flexibility index (Phi) is 6.00. The van der Waals surface area contributed by atoms with Crippen molar-refractivity contribution < 1.29 is 9.59 Å². The number of carbonyl (C=O) groups is 2. The summed E-state index contributed by atoms with van der Waals surface area (Å²) in [4.78, 5) is 29.8. The van der Waals surface area contributed by atoms with Crippen LogP contribution in [0.15, 0.2) is 24.3 Å². The Bertz CT molecular complexity index is 816. The number of rotatable bonds is 6. The van der Waals surface area contributed by atoms with Crippen LogP contribution in [0.2, 0.25) is 0 Å². The minimum absolute atomic E-state index is 0.0202.